The Morgan fingerprint density at radius 1 is 1.32 bits per heavy atom. The molecule has 2 heterocycles. The van der Waals surface area contributed by atoms with Crippen LogP contribution in [-0.2, 0) is 30.8 Å². The Bertz CT molecular complexity index is 931. The molecule has 1 aromatic rings. The van der Waals surface area contributed by atoms with Crippen molar-refractivity contribution in [3.63, 3.8) is 0 Å². The van der Waals surface area contributed by atoms with E-state index in [0.717, 1.165) is 24.1 Å². The number of aliphatic hydroxyl groups is 1. The van der Waals surface area contributed by atoms with Gasteiger partial charge < -0.3 is 33.7 Å². The van der Waals surface area contributed by atoms with Crippen molar-refractivity contribution in [1.29, 1.82) is 0 Å². The molecule has 1 spiro atoms. The molecule has 2 aliphatic carbocycles. The molecule has 0 unspecified atom stereocenters. The highest BCUT2D eigenvalue weighted by Gasteiger charge is 2.72. The fourth-order valence-electron chi connectivity index (χ4n) is 6.05. The summed E-state index contributed by atoms with van der Waals surface area (Å²) in [6.45, 7) is 1.38. The van der Waals surface area contributed by atoms with Crippen molar-refractivity contribution < 1.29 is 33.6 Å². The molecule has 0 radical (unpaired) electrons. The van der Waals surface area contributed by atoms with Gasteiger partial charge in [0.25, 0.3) is 0 Å². The maximum Gasteiger partial charge on any atom is 0.337 e. The van der Waals surface area contributed by atoms with Gasteiger partial charge in [0.05, 0.1) is 31.3 Å². The second kappa shape index (κ2) is 7.48. The summed E-state index contributed by atoms with van der Waals surface area (Å²) >= 11 is 0. The highest BCUT2D eigenvalue weighted by molar-refractivity contribution is 5.73. The zero-order chi connectivity index (χ0) is 21.8. The van der Waals surface area contributed by atoms with Crippen molar-refractivity contribution in [3.8, 4) is 11.5 Å². The zero-order valence-electron chi connectivity index (χ0n) is 18.2. The van der Waals surface area contributed by atoms with Crippen molar-refractivity contribution in [1.82, 2.24) is 4.90 Å². The third-order valence-electron chi connectivity index (χ3n) is 7.44. The minimum Gasteiger partial charge on any atom is -0.493 e. The van der Waals surface area contributed by atoms with Gasteiger partial charge in [0, 0.05) is 25.1 Å². The second-order valence-electron chi connectivity index (χ2n) is 8.81. The molecular formula is C23H29NO7. The van der Waals surface area contributed by atoms with Gasteiger partial charge in [0.2, 0.25) is 0 Å². The summed E-state index contributed by atoms with van der Waals surface area (Å²) in [5, 5.41) is 12.1. The third-order valence-corrected chi connectivity index (χ3v) is 7.44. The van der Waals surface area contributed by atoms with E-state index in [9.17, 15) is 9.90 Å². The zero-order valence-corrected chi connectivity index (χ0v) is 18.2. The molecule has 168 valence electrons. The quantitative estimate of drug-likeness (QED) is 0.509. The molecule has 8 nitrogen and oxygen atoms in total. The van der Waals surface area contributed by atoms with Crippen LogP contribution >= 0.6 is 0 Å². The van der Waals surface area contributed by atoms with Gasteiger partial charge in [-0.3, -0.25) is 0 Å². The molecule has 5 rings (SSSR count). The van der Waals surface area contributed by atoms with Crippen LogP contribution in [0.1, 0.15) is 24.0 Å². The number of hydrogen-bond acceptors (Lipinski definition) is 8. The number of methoxy groups -OCH3 is 2. The van der Waals surface area contributed by atoms with E-state index < -0.39 is 23.1 Å². The van der Waals surface area contributed by atoms with Gasteiger partial charge in [0.1, 0.15) is 12.4 Å². The smallest absolute Gasteiger partial charge is 0.337 e. The molecule has 1 fully saturated rings. The predicted octanol–water partition coefficient (Wildman–Crippen LogP) is 1.18. The highest BCUT2D eigenvalue weighted by atomic mass is 16.6. The Labute approximate surface area is 181 Å². The van der Waals surface area contributed by atoms with Crippen molar-refractivity contribution in [3.05, 3.63) is 35.1 Å². The largest absolute Gasteiger partial charge is 0.493 e. The number of ether oxygens (including phenoxy) is 5. The van der Waals surface area contributed by atoms with E-state index >= 15 is 0 Å². The third kappa shape index (κ3) is 2.78. The molecule has 31 heavy (non-hydrogen) atoms. The molecule has 4 atom stereocenters. The Hall–Kier alpha value is -2.13. The minimum absolute atomic E-state index is 0.0370. The normalized spacial score (nSPS) is 32.7. The minimum atomic E-state index is -1.01. The standard InChI is InChI=1S/C23H29NO7/c1-24-9-8-22-19-14-4-5-15(28-3)20(19)31-21(22)16(6-7-23(22,26)17(24)12-14)30-18(25)13-29-11-10-27-2/h4-6,17,21,26H,7-13H2,1-3H3/t17-,21-,22-,23+/m0/s1. The van der Waals surface area contributed by atoms with Gasteiger partial charge in [-0.25, -0.2) is 4.79 Å². The summed E-state index contributed by atoms with van der Waals surface area (Å²) in [5.41, 5.74) is 0.486. The van der Waals surface area contributed by atoms with E-state index in [1.54, 1.807) is 14.2 Å². The lowest BCUT2D eigenvalue weighted by Crippen LogP contribution is -2.74. The molecule has 2 bridgehead atoms. The van der Waals surface area contributed by atoms with Crippen molar-refractivity contribution in [2.24, 2.45) is 0 Å². The average Bonchev–Trinajstić information content (AvgIpc) is 3.11. The van der Waals surface area contributed by atoms with E-state index in [1.807, 2.05) is 12.1 Å². The first kappa shape index (κ1) is 20.8. The molecule has 1 aromatic carbocycles. The molecule has 8 heteroatoms. The van der Waals surface area contributed by atoms with Crippen LogP contribution in [0.4, 0.5) is 0 Å². The van der Waals surface area contributed by atoms with Gasteiger partial charge in [-0.15, -0.1) is 0 Å². The Morgan fingerprint density at radius 3 is 2.94 bits per heavy atom. The fourth-order valence-corrected chi connectivity index (χ4v) is 6.05. The molecule has 0 aromatic heterocycles. The number of piperidine rings is 1. The lowest BCUT2D eigenvalue weighted by Gasteiger charge is -2.61. The van der Waals surface area contributed by atoms with E-state index in [2.05, 4.69) is 18.0 Å². The first-order chi connectivity index (χ1) is 15.0. The number of likely N-dealkylation sites (tertiary alicyclic amines) is 1. The van der Waals surface area contributed by atoms with Crippen LogP contribution in [0.2, 0.25) is 0 Å². The number of hydrogen-bond donors (Lipinski definition) is 1. The fraction of sp³-hybridized carbons (Fsp3) is 0.609. The molecular weight excluding hydrogens is 402 g/mol. The number of carbonyl (C=O) groups is 1. The van der Waals surface area contributed by atoms with Gasteiger partial charge in [-0.2, -0.15) is 0 Å². The molecule has 1 N–H and O–H groups in total. The summed E-state index contributed by atoms with van der Waals surface area (Å²) in [6.07, 6.45) is 3.06. The SMILES string of the molecule is COCCOCC(=O)OC1=CC[C@@]2(O)[C@@H]3Cc4ccc(OC)c5c4[C@@]2(CCN3C)[C@H]1O5. The lowest BCUT2D eigenvalue weighted by atomic mass is 9.50. The average molecular weight is 431 g/mol. The summed E-state index contributed by atoms with van der Waals surface area (Å²) in [5.74, 6) is 1.25. The van der Waals surface area contributed by atoms with E-state index in [0.29, 0.717) is 43.3 Å². The van der Waals surface area contributed by atoms with Crippen molar-refractivity contribution in [2.75, 3.05) is 47.6 Å². The Morgan fingerprint density at radius 2 is 2.16 bits per heavy atom. The van der Waals surface area contributed by atoms with Crippen LogP contribution in [0.25, 0.3) is 0 Å². The topological polar surface area (TPSA) is 86.7 Å². The number of carbonyl (C=O) groups excluding carboxylic acids is 1. The second-order valence-corrected chi connectivity index (χ2v) is 8.81. The van der Waals surface area contributed by atoms with Crippen LogP contribution in [0.3, 0.4) is 0 Å². The van der Waals surface area contributed by atoms with Crippen molar-refractivity contribution >= 4 is 5.97 Å². The van der Waals surface area contributed by atoms with Gasteiger partial charge in [-0.05, 0) is 44.1 Å². The summed E-state index contributed by atoms with van der Waals surface area (Å²) in [4.78, 5) is 14.7. The molecule has 0 amide bonds. The number of benzene rings is 1. The molecule has 4 aliphatic rings. The van der Waals surface area contributed by atoms with Crippen LogP contribution in [0.15, 0.2) is 24.0 Å². The monoisotopic (exact) mass is 431 g/mol. The number of esters is 1. The van der Waals surface area contributed by atoms with E-state index in [-0.39, 0.29) is 12.6 Å². The Kier molecular flexibility index (Phi) is 5.01. The van der Waals surface area contributed by atoms with E-state index in [1.165, 1.54) is 0 Å². The van der Waals surface area contributed by atoms with Gasteiger partial charge >= 0.3 is 5.97 Å². The molecule has 2 aliphatic heterocycles. The first-order valence-corrected chi connectivity index (χ1v) is 10.7. The van der Waals surface area contributed by atoms with Crippen LogP contribution in [-0.4, -0.2) is 81.4 Å². The van der Waals surface area contributed by atoms with Crippen molar-refractivity contribution in [2.45, 2.75) is 42.4 Å². The van der Waals surface area contributed by atoms with Crippen LogP contribution < -0.4 is 9.47 Å². The van der Waals surface area contributed by atoms with E-state index in [4.69, 9.17) is 23.7 Å². The number of likely N-dealkylation sites (N-methyl/N-ethyl adjacent to an activating group) is 1. The summed E-state index contributed by atoms with van der Waals surface area (Å²) < 4.78 is 28.0. The maximum absolute atomic E-state index is 12.4. The summed E-state index contributed by atoms with van der Waals surface area (Å²) in [7, 11) is 5.25. The van der Waals surface area contributed by atoms with Gasteiger partial charge in [0.15, 0.2) is 17.6 Å². The molecule has 1 saturated heterocycles. The number of nitrogens with zero attached hydrogens (tertiary/aromatic N) is 1. The van der Waals surface area contributed by atoms with Crippen LogP contribution in [0.5, 0.6) is 11.5 Å². The Balaban J connectivity index is 1.53. The van der Waals surface area contributed by atoms with Crippen LogP contribution in [0, 0.1) is 0 Å². The van der Waals surface area contributed by atoms with Gasteiger partial charge in [-0.1, -0.05) is 6.07 Å². The first-order valence-electron chi connectivity index (χ1n) is 10.7. The predicted molar refractivity (Wildman–Crippen MR) is 110 cm³/mol. The maximum atomic E-state index is 12.4. The highest BCUT2D eigenvalue weighted by Crippen LogP contribution is 2.65. The summed E-state index contributed by atoms with van der Waals surface area (Å²) in [6, 6.07) is 3.95. The number of rotatable bonds is 7. The lowest BCUT2D eigenvalue weighted by molar-refractivity contribution is -0.170. The molecule has 0 saturated carbocycles.